The summed E-state index contributed by atoms with van der Waals surface area (Å²) >= 11 is 0. The number of amides is 1. The minimum Gasteiger partial charge on any atom is -0.665 e. The molecule has 2 aromatic rings. The summed E-state index contributed by atoms with van der Waals surface area (Å²) in [6.45, 7) is 2.75. The first-order valence-corrected chi connectivity index (χ1v) is 10.6. The van der Waals surface area contributed by atoms with Gasteiger partial charge in [-0.1, -0.05) is 56.2 Å². The van der Waals surface area contributed by atoms with Gasteiger partial charge < -0.3 is 14.7 Å². The van der Waals surface area contributed by atoms with Crippen molar-refractivity contribution < 1.29 is 47.3 Å². The molecule has 1 saturated carbocycles. The molecule has 1 heterocycles. The van der Waals surface area contributed by atoms with Crippen molar-refractivity contribution in [1.82, 2.24) is 4.90 Å². The Balaban J connectivity index is 0.00000256. The summed E-state index contributed by atoms with van der Waals surface area (Å²) in [5, 5.41) is 11.0. The Bertz CT molecular complexity index is 863. The number of carbonyl (C=O) groups excluding carboxylic acids is 1. The van der Waals surface area contributed by atoms with E-state index in [0.717, 1.165) is 42.4 Å². The van der Waals surface area contributed by atoms with Crippen molar-refractivity contribution in [3.05, 3.63) is 72.3 Å². The van der Waals surface area contributed by atoms with Crippen molar-refractivity contribution in [2.75, 3.05) is 0 Å². The van der Waals surface area contributed by atoms with Crippen molar-refractivity contribution in [2.24, 2.45) is 5.41 Å². The van der Waals surface area contributed by atoms with E-state index in [1.54, 1.807) is 0 Å². The number of carbonyl (C=O) groups is 1. The van der Waals surface area contributed by atoms with Crippen LogP contribution in [-0.4, -0.2) is 15.9 Å². The van der Waals surface area contributed by atoms with Crippen LogP contribution in [0.1, 0.15) is 74.3 Å². The van der Waals surface area contributed by atoms with Gasteiger partial charge in [-0.3, -0.25) is 4.79 Å². The molecule has 5 heteroatoms. The first-order chi connectivity index (χ1) is 14.1. The van der Waals surface area contributed by atoms with E-state index in [2.05, 4.69) is 26.2 Å². The molecule has 0 bridgehead atoms. The smallest absolute Gasteiger partial charge is 0.225 e. The van der Waals surface area contributed by atoms with Gasteiger partial charge in [-0.05, 0) is 48.1 Å². The van der Waals surface area contributed by atoms with Gasteiger partial charge in [-0.2, -0.15) is 7.11 Å². The Hall–Kier alpha value is -1.23. The largest absolute Gasteiger partial charge is 0.665 e. The molecule has 30 heavy (non-hydrogen) atoms. The van der Waals surface area contributed by atoms with Crippen LogP contribution < -0.4 is 4.74 Å². The fourth-order valence-electron chi connectivity index (χ4n) is 4.92. The molecule has 4 nitrogen and oxygen atoms in total. The minimum atomic E-state index is -0.394. The topological polar surface area (TPSA) is 49.8 Å². The zero-order chi connectivity index (χ0) is 20.4. The molecule has 2 fully saturated rings. The third kappa shape index (κ3) is 4.51. The Morgan fingerprint density at radius 1 is 1.23 bits per heavy atom. The molecule has 0 aromatic heterocycles. The van der Waals surface area contributed by atoms with Gasteiger partial charge in [0.2, 0.25) is 5.91 Å². The van der Waals surface area contributed by atoms with Gasteiger partial charge in [0.1, 0.15) is 0 Å². The first kappa shape index (κ1) is 23.4. The van der Waals surface area contributed by atoms with Gasteiger partial charge in [0, 0.05) is 44.7 Å². The number of hydrogen-bond donors (Lipinski definition) is 1. The van der Waals surface area contributed by atoms with Crippen LogP contribution >= 0.6 is 0 Å². The van der Waals surface area contributed by atoms with Gasteiger partial charge in [-0.15, -0.1) is 0 Å². The molecule has 0 spiro atoms. The van der Waals surface area contributed by atoms with Crippen LogP contribution in [0.2, 0.25) is 0 Å². The fourth-order valence-corrected chi connectivity index (χ4v) is 4.92. The van der Waals surface area contributed by atoms with Gasteiger partial charge in [0.15, 0.2) is 0 Å². The van der Waals surface area contributed by atoms with Crippen molar-refractivity contribution in [3.8, 4) is 5.75 Å². The Morgan fingerprint density at radius 3 is 2.53 bits per heavy atom. The minimum absolute atomic E-state index is 0. The summed E-state index contributed by atoms with van der Waals surface area (Å²) in [4.78, 5) is 14.1. The summed E-state index contributed by atoms with van der Waals surface area (Å²) in [5.41, 5.74) is 3.22. The van der Waals surface area contributed by atoms with Crippen molar-refractivity contribution >= 4 is 5.91 Å². The van der Waals surface area contributed by atoms with Gasteiger partial charge in [0.05, 0.1) is 24.3 Å². The SMILES string of the molecule is [CH2-]Oc1cccc(CN2C(=O)C[C@@H]2c2ccc(C(O)C3(CCC)CCC3)cc2)c1.[Y]. The van der Waals surface area contributed by atoms with Crippen molar-refractivity contribution in [3.63, 3.8) is 0 Å². The number of likely N-dealkylation sites (tertiary alicyclic amines) is 1. The van der Waals surface area contributed by atoms with Crippen LogP contribution in [0.4, 0.5) is 0 Å². The number of hydrogen-bond acceptors (Lipinski definition) is 3. The number of aliphatic hydroxyl groups is 1. The number of benzene rings is 2. The molecule has 4 rings (SSSR count). The van der Waals surface area contributed by atoms with E-state index in [4.69, 9.17) is 4.74 Å². The molecule has 1 saturated heterocycles. The predicted molar refractivity (Wildman–Crippen MR) is 113 cm³/mol. The normalized spacial score (nSPS) is 20.6. The first-order valence-electron chi connectivity index (χ1n) is 10.6. The van der Waals surface area contributed by atoms with Crippen LogP contribution in [0.3, 0.4) is 0 Å². The third-order valence-electron chi connectivity index (χ3n) is 6.80. The molecule has 1 N–H and O–H groups in total. The number of β-lactam (4-membered cyclic amide) rings is 1. The molecule has 1 aliphatic heterocycles. The maximum atomic E-state index is 12.2. The maximum Gasteiger partial charge on any atom is 0.225 e. The van der Waals surface area contributed by atoms with E-state index in [1.807, 2.05) is 41.3 Å². The van der Waals surface area contributed by atoms with Crippen LogP contribution in [-0.2, 0) is 44.0 Å². The molecule has 2 aromatic carbocycles. The van der Waals surface area contributed by atoms with Crippen LogP contribution in [0.15, 0.2) is 48.5 Å². The molecule has 1 aliphatic carbocycles. The quantitative estimate of drug-likeness (QED) is 0.410. The molecule has 1 unspecified atom stereocenters. The number of aliphatic hydroxyl groups excluding tert-OH is 1. The van der Waals surface area contributed by atoms with Gasteiger partial charge >= 0.3 is 0 Å². The monoisotopic (exact) mass is 481 g/mol. The van der Waals surface area contributed by atoms with Gasteiger partial charge in [0.25, 0.3) is 0 Å². The molecular weight excluding hydrogens is 451 g/mol. The van der Waals surface area contributed by atoms with E-state index in [-0.39, 0.29) is 50.1 Å². The summed E-state index contributed by atoms with van der Waals surface area (Å²) in [6, 6.07) is 16.0. The molecule has 2 aliphatic rings. The number of nitrogens with zero attached hydrogens (tertiary/aromatic N) is 1. The van der Waals surface area contributed by atoms with Crippen LogP contribution in [0, 0.1) is 12.5 Å². The second-order valence-corrected chi connectivity index (χ2v) is 8.57. The van der Waals surface area contributed by atoms with Crippen molar-refractivity contribution in [2.45, 2.75) is 64.1 Å². The Kier molecular flexibility index (Phi) is 7.76. The second-order valence-electron chi connectivity index (χ2n) is 8.57. The van der Waals surface area contributed by atoms with Crippen LogP contribution in [0.25, 0.3) is 0 Å². The number of rotatable bonds is 8. The number of ether oxygens (including phenoxy) is 1. The standard InChI is InChI=1S/C25H30NO3.Y/c1-3-12-25(13-5-14-25)24(28)20-10-8-19(9-11-20)22-16-23(27)26(22)17-18-6-4-7-21(15-18)29-2;/h4,6-11,15,22,24,28H,2-3,5,12-14,16-17H2,1H3;/q-1;/t22-,24?;/m1./s1. The van der Waals surface area contributed by atoms with E-state index < -0.39 is 6.10 Å². The van der Waals surface area contributed by atoms with E-state index in [9.17, 15) is 9.90 Å². The Labute approximate surface area is 204 Å². The Morgan fingerprint density at radius 2 is 1.97 bits per heavy atom. The van der Waals surface area contributed by atoms with Gasteiger partial charge in [-0.25, -0.2) is 0 Å². The van der Waals surface area contributed by atoms with E-state index in [0.29, 0.717) is 18.7 Å². The zero-order valence-corrected chi connectivity index (χ0v) is 20.6. The average Bonchev–Trinajstić information content (AvgIpc) is 2.72. The predicted octanol–water partition coefficient (Wildman–Crippen LogP) is 5.33. The summed E-state index contributed by atoms with van der Waals surface area (Å²) in [7, 11) is 3.45. The van der Waals surface area contributed by atoms with E-state index >= 15 is 0 Å². The van der Waals surface area contributed by atoms with E-state index in [1.165, 1.54) is 6.42 Å². The molecule has 1 amide bonds. The maximum absolute atomic E-state index is 12.2. The summed E-state index contributed by atoms with van der Waals surface area (Å²) in [6.07, 6.45) is 5.78. The molecule has 2 atom stereocenters. The summed E-state index contributed by atoms with van der Waals surface area (Å²) < 4.78 is 5.04. The second kappa shape index (κ2) is 9.93. The molecule has 1 radical (unpaired) electrons. The van der Waals surface area contributed by atoms with Crippen molar-refractivity contribution in [1.29, 1.82) is 0 Å². The molecular formula is C25H30NO3Y-. The fraction of sp³-hybridized carbons (Fsp3) is 0.440. The summed E-state index contributed by atoms with van der Waals surface area (Å²) in [5.74, 6) is 0.860. The molecule has 157 valence electrons. The zero-order valence-electron chi connectivity index (χ0n) is 17.7. The average molecular weight is 481 g/mol. The third-order valence-corrected chi connectivity index (χ3v) is 6.80. The van der Waals surface area contributed by atoms with Crippen LogP contribution in [0.5, 0.6) is 5.75 Å².